The highest BCUT2D eigenvalue weighted by Crippen LogP contribution is 2.22. The second-order valence-corrected chi connectivity index (χ2v) is 10.3. The Labute approximate surface area is 198 Å². The van der Waals surface area contributed by atoms with Crippen LogP contribution in [0.5, 0.6) is 0 Å². The van der Waals surface area contributed by atoms with Crippen LogP contribution in [0.2, 0.25) is 0 Å². The molecule has 1 unspecified atom stereocenters. The fraction of sp³-hybridized carbons (Fsp3) is 0.417. The number of hydrogen-bond acceptors (Lipinski definition) is 5. The molecule has 2 aromatic rings. The predicted octanol–water partition coefficient (Wildman–Crippen LogP) is 1.81. The lowest BCUT2D eigenvalue weighted by atomic mass is 10.0. The molecule has 2 aromatic carbocycles. The summed E-state index contributed by atoms with van der Waals surface area (Å²) in [6.45, 7) is 1.95. The van der Waals surface area contributed by atoms with E-state index in [1.165, 1.54) is 6.07 Å². The number of carbonyl (C=O) groups excluding carboxylic acids is 2. The van der Waals surface area contributed by atoms with Gasteiger partial charge in [-0.25, -0.2) is 12.8 Å². The molecule has 0 saturated carbocycles. The maximum Gasteiger partial charge on any atom is 0.251 e. The van der Waals surface area contributed by atoms with Gasteiger partial charge < -0.3 is 15.0 Å². The number of likely N-dealkylation sites (tertiary alicyclic amines) is 1. The lowest BCUT2D eigenvalue weighted by molar-refractivity contribution is -0.132. The molecule has 1 atom stereocenters. The van der Waals surface area contributed by atoms with E-state index >= 15 is 0 Å². The van der Waals surface area contributed by atoms with Gasteiger partial charge in [0.15, 0.2) is 0 Å². The monoisotopic (exact) mass is 489 g/mol. The Morgan fingerprint density at radius 1 is 1.00 bits per heavy atom. The molecule has 2 aliphatic rings. The Balaban J connectivity index is 1.57. The lowest BCUT2D eigenvalue weighted by Crippen LogP contribution is -2.49. The molecule has 2 aliphatic heterocycles. The molecular weight excluding hydrogens is 461 g/mol. The lowest BCUT2D eigenvalue weighted by Gasteiger charge is -2.26. The average molecular weight is 490 g/mol. The van der Waals surface area contributed by atoms with Gasteiger partial charge in [-0.2, -0.15) is 4.31 Å². The number of carbonyl (C=O) groups is 2. The van der Waals surface area contributed by atoms with Crippen LogP contribution in [-0.4, -0.2) is 74.9 Å². The van der Waals surface area contributed by atoms with E-state index in [9.17, 15) is 22.4 Å². The van der Waals surface area contributed by atoms with Gasteiger partial charge in [0.05, 0.1) is 13.2 Å². The van der Waals surface area contributed by atoms with Gasteiger partial charge in [0.1, 0.15) is 16.8 Å². The minimum Gasteiger partial charge on any atom is -0.379 e. The van der Waals surface area contributed by atoms with Crippen LogP contribution in [0, 0.1) is 5.82 Å². The van der Waals surface area contributed by atoms with Gasteiger partial charge in [-0.05, 0) is 36.6 Å². The van der Waals surface area contributed by atoms with E-state index < -0.39 is 32.7 Å². The normalized spacial score (nSPS) is 18.0. The van der Waals surface area contributed by atoms with E-state index in [0.717, 1.165) is 34.8 Å². The van der Waals surface area contributed by atoms with Gasteiger partial charge in [-0.1, -0.05) is 30.3 Å². The second-order valence-electron chi connectivity index (χ2n) is 8.41. The number of rotatable bonds is 7. The molecule has 2 amide bonds. The zero-order valence-corrected chi connectivity index (χ0v) is 19.6. The minimum atomic E-state index is -4.13. The van der Waals surface area contributed by atoms with Crippen LogP contribution in [-0.2, 0) is 26.0 Å². The van der Waals surface area contributed by atoms with Crippen molar-refractivity contribution in [2.24, 2.45) is 0 Å². The van der Waals surface area contributed by atoms with Gasteiger partial charge in [-0.15, -0.1) is 0 Å². The molecule has 0 aromatic heterocycles. The molecule has 0 bridgehead atoms. The zero-order chi connectivity index (χ0) is 24.1. The van der Waals surface area contributed by atoms with E-state index in [1.807, 2.05) is 30.3 Å². The standard InChI is InChI=1S/C24H28FN3O5S/c25-20-9-8-19(17-22(20)34(31,32)28-12-14-33-15-13-28)23(29)26-21(16-18-6-2-1-3-7-18)24(30)27-10-4-5-11-27/h1-3,6-9,17,21H,4-5,10-16H2,(H,26,29). The highest BCUT2D eigenvalue weighted by atomic mass is 32.2. The third kappa shape index (κ3) is 5.45. The molecule has 182 valence electrons. The van der Waals surface area contributed by atoms with Crippen molar-refractivity contribution in [3.63, 3.8) is 0 Å². The van der Waals surface area contributed by atoms with Crippen LogP contribution in [0.1, 0.15) is 28.8 Å². The Morgan fingerprint density at radius 3 is 2.35 bits per heavy atom. The number of morpholine rings is 1. The first-order valence-corrected chi connectivity index (χ1v) is 12.8. The Bertz CT molecular complexity index is 1130. The fourth-order valence-electron chi connectivity index (χ4n) is 4.22. The van der Waals surface area contributed by atoms with Gasteiger partial charge in [0.2, 0.25) is 15.9 Å². The van der Waals surface area contributed by atoms with E-state index in [-0.39, 0.29) is 37.8 Å². The second kappa shape index (κ2) is 10.6. The molecule has 34 heavy (non-hydrogen) atoms. The molecule has 0 radical (unpaired) electrons. The summed E-state index contributed by atoms with van der Waals surface area (Å²) in [6.07, 6.45) is 2.12. The molecule has 2 heterocycles. The van der Waals surface area contributed by atoms with Crippen LogP contribution in [0.4, 0.5) is 4.39 Å². The van der Waals surface area contributed by atoms with Crippen LogP contribution >= 0.6 is 0 Å². The molecule has 0 aliphatic carbocycles. The van der Waals surface area contributed by atoms with Gasteiger partial charge in [-0.3, -0.25) is 9.59 Å². The number of nitrogens with one attached hydrogen (secondary N) is 1. The molecule has 1 N–H and O–H groups in total. The zero-order valence-electron chi connectivity index (χ0n) is 18.8. The molecule has 4 rings (SSSR count). The summed E-state index contributed by atoms with van der Waals surface area (Å²) < 4.78 is 46.8. The first-order valence-electron chi connectivity index (χ1n) is 11.4. The van der Waals surface area contributed by atoms with Crippen molar-refractivity contribution in [3.05, 3.63) is 65.5 Å². The summed E-state index contributed by atoms with van der Waals surface area (Å²) >= 11 is 0. The van der Waals surface area contributed by atoms with E-state index in [4.69, 9.17) is 4.74 Å². The molecule has 8 nitrogen and oxygen atoms in total. The predicted molar refractivity (Wildman–Crippen MR) is 123 cm³/mol. The fourth-order valence-corrected chi connectivity index (χ4v) is 5.72. The Morgan fingerprint density at radius 2 is 1.68 bits per heavy atom. The third-order valence-corrected chi connectivity index (χ3v) is 8.00. The minimum absolute atomic E-state index is 0.0273. The molecule has 10 heteroatoms. The first kappa shape index (κ1) is 24.3. The van der Waals surface area contributed by atoms with Crippen molar-refractivity contribution in [2.75, 3.05) is 39.4 Å². The quantitative estimate of drug-likeness (QED) is 0.640. The van der Waals surface area contributed by atoms with Crippen LogP contribution in [0.25, 0.3) is 0 Å². The average Bonchev–Trinajstić information content (AvgIpc) is 3.39. The van der Waals surface area contributed by atoms with Crippen molar-refractivity contribution < 1.29 is 27.1 Å². The van der Waals surface area contributed by atoms with Gasteiger partial charge >= 0.3 is 0 Å². The smallest absolute Gasteiger partial charge is 0.251 e. The summed E-state index contributed by atoms with van der Waals surface area (Å²) in [5.41, 5.74) is 0.857. The molecule has 0 spiro atoms. The summed E-state index contributed by atoms with van der Waals surface area (Å²) in [7, 11) is -4.13. The number of amides is 2. The SMILES string of the molecule is O=C(NC(Cc1ccccc1)C(=O)N1CCCC1)c1ccc(F)c(S(=O)(=O)N2CCOCC2)c1. The van der Waals surface area contributed by atoms with Gasteiger partial charge in [0, 0.05) is 38.2 Å². The summed E-state index contributed by atoms with van der Waals surface area (Å²) in [5, 5.41) is 2.76. The van der Waals surface area contributed by atoms with Gasteiger partial charge in [0.25, 0.3) is 5.91 Å². The maximum atomic E-state index is 14.5. The molecular formula is C24H28FN3O5S. The van der Waals surface area contributed by atoms with Crippen molar-refractivity contribution in [1.29, 1.82) is 0 Å². The van der Waals surface area contributed by atoms with E-state index in [1.54, 1.807) is 4.90 Å². The maximum absolute atomic E-state index is 14.5. The van der Waals surface area contributed by atoms with Crippen LogP contribution < -0.4 is 5.32 Å². The Hall–Kier alpha value is -2.82. The summed E-state index contributed by atoms with van der Waals surface area (Å²) in [4.78, 5) is 27.4. The molecule has 2 saturated heterocycles. The Kier molecular flexibility index (Phi) is 7.60. The van der Waals surface area contributed by atoms with E-state index in [2.05, 4.69) is 5.32 Å². The summed E-state index contributed by atoms with van der Waals surface area (Å²) in [6, 6.07) is 11.7. The summed E-state index contributed by atoms with van der Waals surface area (Å²) in [5.74, 6) is -1.75. The topological polar surface area (TPSA) is 96.0 Å². The van der Waals surface area contributed by atoms with Crippen molar-refractivity contribution >= 4 is 21.8 Å². The number of nitrogens with zero attached hydrogens (tertiary/aromatic N) is 2. The molecule has 2 fully saturated rings. The number of benzene rings is 2. The van der Waals surface area contributed by atoms with Crippen LogP contribution in [0.15, 0.2) is 53.4 Å². The van der Waals surface area contributed by atoms with E-state index in [0.29, 0.717) is 19.5 Å². The van der Waals surface area contributed by atoms with Crippen molar-refractivity contribution in [3.8, 4) is 0 Å². The highest BCUT2D eigenvalue weighted by molar-refractivity contribution is 7.89. The largest absolute Gasteiger partial charge is 0.379 e. The van der Waals surface area contributed by atoms with Crippen molar-refractivity contribution in [1.82, 2.24) is 14.5 Å². The number of halogens is 1. The van der Waals surface area contributed by atoms with Crippen LogP contribution in [0.3, 0.4) is 0 Å². The number of sulfonamides is 1. The van der Waals surface area contributed by atoms with Crippen molar-refractivity contribution in [2.45, 2.75) is 30.2 Å². The third-order valence-electron chi connectivity index (χ3n) is 6.09. The number of ether oxygens (including phenoxy) is 1. The highest BCUT2D eigenvalue weighted by Gasteiger charge is 2.31. The first-order chi connectivity index (χ1) is 16.4. The number of hydrogen-bond donors (Lipinski definition) is 1.